The molecule has 0 aliphatic carbocycles. The fourth-order valence-electron chi connectivity index (χ4n) is 0.481. The van der Waals surface area contributed by atoms with Crippen LogP contribution in [0.3, 0.4) is 0 Å². The van der Waals surface area contributed by atoms with Gasteiger partial charge in [0.15, 0.2) is 0 Å². The minimum atomic E-state index is -0.879. The fraction of sp³-hybridized carbons (Fsp3) is 0.750. The molecule has 0 aromatic rings. The molecule has 0 atom stereocenters. The van der Waals surface area contributed by atoms with Crippen molar-refractivity contribution in [1.29, 1.82) is 0 Å². The van der Waals surface area contributed by atoms with E-state index in [1.54, 1.807) is 6.21 Å². The first-order chi connectivity index (χ1) is 4.92. The molecule has 0 spiro atoms. The highest BCUT2D eigenvalue weighted by Gasteiger charge is 2.06. The Morgan fingerprint density at radius 1 is 1.55 bits per heavy atom. The molecule has 64 valence electrons. The maximum atomic E-state index is 10.0. The van der Waals surface area contributed by atoms with Crippen molar-refractivity contribution in [3.05, 3.63) is 0 Å². The molecule has 0 unspecified atom stereocenters. The number of rotatable bonds is 3. The summed E-state index contributed by atoms with van der Waals surface area (Å²) < 4.78 is 0. The van der Waals surface area contributed by atoms with Crippen molar-refractivity contribution < 1.29 is 9.90 Å². The molecule has 11 heavy (non-hydrogen) atoms. The first kappa shape index (κ1) is 10.1. The van der Waals surface area contributed by atoms with Crippen molar-refractivity contribution in [2.24, 2.45) is 10.4 Å². The van der Waals surface area contributed by atoms with Gasteiger partial charge in [0.1, 0.15) is 6.54 Å². The number of carbonyl (C=O) groups is 1. The zero-order valence-corrected chi connectivity index (χ0v) is 7.29. The topological polar surface area (TPSA) is 49.7 Å². The van der Waals surface area contributed by atoms with Crippen molar-refractivity contribution in [2.75, 3.05) is 6.54 Å². The van der Waals surface area contributed by atoms with Crippen molar-refractivity contribution in [1.82, 2.24) is 0 Å². The first-order valence-corrected chi connectivity index (χ1v) is 3.62. The van der Waals surface area contributed by atoms with Crippen LogP contribution in [0.5, 0.6) is 0 Å². The SMILES string of the molecule is CC(C)(C)C/C=N/CC(=O)O. The Morgan fingerprint density at radius 2 is 2.09 bits per heavy atom. The summed E-state index contributed by atoms with van der Waals surface area (Å²) in [6.45, 7) is 6.13. The smallest absolute Gasteiger partial charge is 0.325 e. The number of carboxylic acid groups (broad SMARTS) is 1. The normalized spacial score (nSPS) is 12.3. The molecule has 0 aromatic heterocycles. The van der Waals surface area contributed by atoms with E-state index in [1.165, 1.54) is 0 Å². The van der Waals surface area contributed by atoms with E-state index in [-0.39, 0.29) is 12.0 Å². The summed E-state index contributed by atoms with van der Waals surface area (Å²) in [6, 6.07) is 0. The molecule has 0 aliphatic rings. The minimum absolute atomic E-state index is 0.115. The maximum absolute atomic E-state index is 10.0. The lowest BCUT2D eigenvalue weighted by atomic mass is 9.93. The number of hydrogen-bond acceptors (Lipinski definition) is 2. The van der Waals surface area contributed by atoms with Gasteiger partial charge in [0.05, 0.1) is 0 Å². The lowest BCUT2D eigenvalue weighted by molar-refractivity contribution is -0.135. The summed E-state index contributed by atoms with van der Waals surface area (Å²) in [5.74, 6) is -0.879. The maximum Gasteiger partial charge on any atom is 0.325 e. The van der Waals surface area contributed by atoms with Crippen LogP contribution in [0.25, 0.3) is 0 Å². The molecule has 3 heteroatoms. The molecule has 0 heterocycles. The largest absolute Gasteiger partial charge is 0.480 e. The van der Waals surface area contributed by atoms with Crippen molar-refractivity contribution in [3.63, 3.8) is 0 Å². The fourth-order valence-corrected chi connectivity index (χ4v) is 0.481. The van der Waals surface area contributed by atoms with E-state index < -0.39 is 5.97 Å². The number of hydrogen-bond donors (Lipinski definition) is 1. The van der Waals surface area contributed by atoms with Gasteiger partial charge in [-0.05, 0) is 18.1 Å². The summed E-state index contributed by atoms with van der Waals surface area (Å²) in [7, 11) is 0. The van der Waals surface area contributed by atoms with Gasteiger partial charge in [-0.25, -0.2) is 0 Å². The Bertz CT molecular complexity index is 156. The number of aliphatic imine (C=N–C) groups is 1. The van der Waals surface area contributed by atoms with E-state index in [0.717, 1.165) is 6.42 Å². The number of nitrogens with zero attached hydrogens (tertiary/aromatic N) is 1. The lowest BCUT2D eigenvalue weighted by Gasteiger charge is -2.13. The van der Waals surface area contributed by atoms with Crippen LogP contribution in [-0.2, 0) is 4.79 Å². The van der Waals surface area contributed by atoms with E-state index in [2.05, 4.69) is 25.8 Å². The summed E-state index contributed by atoms with van der Waals surface area (Å²) >= 11 is 0. The van der Waals surface area contributed by atoms with Gasteiger partial charge in [-0.1, -0.05) is 20.8 Å². The van der Waals surface area contributed by atoms with Crippen LogP contribution in [0, 0.1) is 5.41 Å². The third-order valence-corrected chi connectivity index (χ3v) is 1.06. The minimum Gasteiger partial charge on any atom is -0.480 e. The highest BCUT2D eigenvalue weighted by molar-refractivity contribution is 5.72. The molecule has 0 saturated carbocycles. The third-order valence-electron chi connectivity index (χ3n) is 1.06. The van der Waals surface area contributed by atoms with Gasteiger partial charge in [0.2, 0.25) is 0 Å². The molecule has 0 amide bonds. The second-order valence-corrected chi connectivity index (χ2v) is 3.68. The summed E-state index contributed by atoms with van der Waals surface area (Å²) in [5, 5.41) is 8.23. The molecule has 3 nitrogen and oxygen atoms in total. The summed E-state index contributed by atoms with van der Waals surface area (Å²) in [4.78, 5) is 13.7. The third kappa shape index (κ3) is 9.14. The number of carboxylic acids is 1. The second-order valence-electron chi connectivity index (χ2n) is 3.68. The summed E-state index contributed by atoms with van der Waals surface area (Å²) in [6.07, 6.45) is 2.49. The van der Waals surface area contributed by atoms with Gasteiger partial charge in [0.25, 0.3) is 0 Å². The van der Waals surface area contributed by atoms with Crippen LogP contribution in [0.4, 0.5) is 0 Å². The monoisotopic (exact) mass is 157 g/mol. The van der Waals surface area contributed by atoms with Gasteiger partial charge in [-0.3, -0.25) is 9.79 Å². The highest BCUT2D eigenvalue weighted by atomic mass is 16.4. The predicted molar refractivity (Wildman–Crippen MR) is 45.1 cm³/mol. The molecule has 0 aromatic carbocycles. The van der Waals surface area contributed by atoms with Crippen molar-refractivity contribution >= 4 is 12.2 Å². The van der Waals surface area contributed by atoms with Crippen molar-refractivity contribution in [2.45, 2.75) is 27.2 Å². The van der Waals surface area contributed by atoms with E-state index in [4.69, 9.17) is 5.11 Å². The zero-order chi connectivity index (χ0) is 8.91. The zero-order valence-electron chi connectivity index (χ0n) is 7.29. The van der Waals surface area contributed by atoms with Gasteiger partial charge < -0.3 is 5.11 Å². The first-order valence-electron chi connectivity index (χ1n) is 3.62. The summed E-state index contributed by atoms with van der Waals surface area (Å²) in [5.41, 5.74) is 0.196. The van der Waals surface area contributed by atoms with E-state index in [1.807, 2.05) is 0 Å². The van der Waals surface area contributed by atoms with Crippen LogP contribution in [0.15, 0.2) is 4.99 Å². The van der Waals surface area contributed by atoms with Gasteiger partial charge >= 0.3 is 5.97 Å². The Morgan fingerprint density at radius 3 is 2.45 bits per heavy atom. The van der Waals surface area contributed by atoms with Crippen LogP contribution in [0.2, 0.25) is 0 Å². The van der Waals surface area contributed by atoms with E-state index >= 15 is 0 Å². The molecule has 0 rings (SSSR count). The molecule has 0 fully saturated rings. The Labute approximate surface area is 67.1 Å². The molecule has 1 N–H and O–H groups in total. The van der Waals surface area contributed by atoms with Crippen molar-refractivity contribution in [3.8, 4) is 0 Å². The Kier molecular flexibility index (Phi) is 3.79. The quantitative estimate of drug-likeness (QED) is 0.632. The highest BCUT2D eigenvalue weighted by Crippen LogP contribution is 2.15. The van der Waals surface area contributed by atoms with Crippen LogP contribution in [0.1, 0.15) is 27.2 Å². The van der Waals surface area contributed by atoms with E-state index in [0.29, 0.717) is 0 Å². The lowest BCUT2D eigenvalue weighted by Crippen LogP contribution is -2.06. The van der Waals surface area contributed by atoms with Crippen LogP contribution < -0.4 is 0 Å². The van der Waals surface area contributed by atoms with E-state index in [9.17, 15) is 4.79 Å². The molecule has 0 aliphatic heterocycles. The molecular weight excluding hydrogens is 142 g/mol. The predicted octanol–water partition coefficient (Wildman–Crippen LogP) is 1.58. The average Bonchev–Trinajstić information content (AvgIpc) is 1.78. The number of aliphatic carboxylic acids is 1. The molecule has 0 saturated heterocycles. The Balaban J connectivity index is 3.53. The molecule has 0 bridgehead atoms. The standard InChI is InChI=1S/C8H15NO2/c1-8(2,3)4-5-9-6-7(10)11/h5H,4,6H2,1-3H3,(H,10,11)/b9-5+. The molecular formula is C8H15NO2. The van der Waals surface area contributed by atoms with Gasteiger partial charge in [0, 0.05) is 0 Å². The van der Waals surface area contributed by atoms with Gasteiger partial charge in [-0.15, -0.1) is 0 Å². The van der Waals surface area contributed by atoms with Crippen LogP contribution >= 0.6 is 0 Å². The molecule has 0 radical (unpaired) electrons. The van der Waals surface area contributed by atoms with Gasteiger partial charge in [-0.2, -0.15) is 0 Å². The average molecular weight is 157 g/mol. The Hall–Kier alpha value is -0.860. The second kappa shape index (κ2) is 4.11. The van der Waals surface area contributed by atoms with Crippen LogP contribution in [-0.4, -0.2) is 23.8 Å².